The maximum Gasteiger partial charge on any atom is 0.157 e. The van der Waals surface area contributed by atoms with Crippen LogP contribution < -0.4 is 15.2 Å². The van der Waals surface area contributed by atoms with Gasteiger partial charge >= 0.3 is 0 Å². The Balaban J connectivity index is 1.62. The minimum Gasteiger partial charge on any atom is -0.493 e. The molecule has 5 nitrogen and oxygen atoms in total. The molecule has 1 aromatic carbocycles. The molecule has 0 saturated carbocycles. The molecule has 0 aliphatic carbocycles. The van der Waals surface area contributed by atoms with Crippen molar-refractivity contribution in [3.05, 3.63) is 42.2 Å². The van der Waals surface area contributed by atoms with Crippen molar-refractivity contribution in [3.8, 4) is 11.5 Å². The van der Waals surface area contributed by atoms with Crippen LogP contribution >= 0.6 is 0 Å². The van der Waals surface area contributed by atoms with Gasteiger partial charge in [-0.2, -0.15) is 5.10 Å². The molecule has 0 bridgehead atoms. The summed E-state index contributed by atoms with van der Waals surface area (Å²) in [6, 6.07) is 7.84. The highest BCUT2D eigenvalue weighted by atomic mass is 16.5. The van der Waals surface area contributed by atoms with E-state index in [0.717, 1.165) is 36.4 Å². The van der Waals surface area contributed by atoms with Crippen LogP contribution in [0.25, 0.3) is 0 Å². The molecule has 0 aliphatic rings. The maximum atomic E-state index is 5.65. The first-order chi connectivity index (χ1) is 10.3. The summed E-state index contributed by atoms with van der Waals surface area (Å²) in [5, 5.41) is 4.22. The highest BCUT2D eigenvalue weighted by molar-refractivity contribution is 5.27. The smallest absolute Gasteiger partial charge is 0.157 e. The van der Waals surface area contributed by atoms with Crippen molar-refractivity contribution in [3.63, 3.8) is 0 Å². The Kier molecular flexibility index (Phi) is 6.09. The van der Waals surface area contributed by atoms with Crippen molar-refractivity contribution in [1.82, 2.24) is 9.78 Å². The van der Waals surface area contributed by atoms with Gasteiger partial charge in [-0.3, -0.25) is 4.68 Å². The standard InChI is InChI=1S/C16H23N3O2/c1-2-8-19-13-16(12-18-19)21-10-3-9-20-15-6-4-14(11-17)5-7-15/h4-7,12-13H,2-3,8-11,17H2,1H3. The number of hydrogen-bond acceptors (Lipinski definition) is 4. The fourth-order valence-corrected chi connectivity index (χ4v) is 1.93. The molecule has 114 valence electrons. The molecule has 2 N–H and O–H groups in total. The summed E-state index contributed by atoms with van der Waals surface area (Å²) < 4.78 is 13.2. The lowest BCUT2D eigenvalue weighted by molar-refractivity contribution is 0.247. The van der Waals surface area contributed by atoms with E-state index >= 15 is 0 Å². The zero-order valence-corrected chi connectivity index (χ0v) is 12.5. The average Bonchev–Trinajstić information content (AvgIpc) is 2.95. The lowest BCUT2D eigenvalue weighted by Crippen LogP contribution is -2.05. The molecule has 0 aliphatic heterocycles. The van der Waals surface area contributed by atoms with Crippen LogP contribution in [-0.4, -0.2) is 23.0 Å². The molecule has 0 radical (unpaired) electrons. The molecular weight excluding hydrogens is 266 g/mol. The fraction of sp³-hybridized carbons (Fsp3) is 0.438. The van der Waals surface area contributed by atoms with E-state index in [1.807, 2.05) is 35.1 Å². The number of nitrogens with two attached hydrogens (primary N) is 1. The Hall–Kier alpha value is -2.01. The fourth-order valence-electron chi connectivity index (χ4n) is 1.93. The first-order valence-corrected chi connectivity index (χ1v) is 7.39. The Morgan fingerprint density at radius 3 is 2.48 bits per heavy atom. The highest BCUT2D eigenvalue weighted by Gasteiger charge is 1.99. The number of ether oxygens (including phenoxy) is 2. The quantitative estimate of drug-likeness (QED) is 0.721. The van der Waals surface area contributed by atoms with Crippen LogP contribution in [0.1, 0.15) is 25.3 Å². The molecule has 2 aromatic rings. The molecule has 1 heterocycles. The van der Waals surface area contributed by atoms with Gasteiger partial charge < -0.3 is 15.2 Å². The van der Waals surface area contributed by atoms with Gasteiger partial charge in [0.15, 0.2) is 5.75 Å². The number of aromatic nitrogens is 2. The van der Waals surface area contributed by atoms with E-state index in [1.54, 1.807) is 6.20 Å². The van der Waals surface area contributed by atoms with Gasteiger partial charge in [0.2, 0.25) is 0 Å². The van der Waals surface area contributed by atoms with E-state index in [1.165, 1.54) is 0 Å². The SMILES string of the molecule is CCCn1cc(OCCCOc2ccc(CN)cc2)cn1. The number of rotatable bonds is 9. The van der Waals surface area contributed by atoms with Gasteiger partial charge in [-0.15, -0.1) is 0 Å². The van der Waals surface area contributed by atoms with Crippen LogP contribution in [0.4, 0.5) is 0 Å². The van der Waals surface area contributed by atoms with Crippen molar-refractivity contribution >= 4 is 0 Å². The van der Waals surface area contributed by atoms with E-state index in [-0.39, 0.29) is 0 Å². The number of benzene rings is 1. The molecule has 0 saturated heterocycles. The summed E-state index contributed by atoms with van der Waals surface area (Å²) in [6.45, 7) is 4.86. The minimum absolute atomic E-state index is 0.555. The van der Waals surface area contributed by atoms with E-state index in [4.69, 9.17) is 15.2 Å². The van der Waals surface area contributed by atoms with Crippen molar-refractivity contribution in [2.75, 3.05) is 13.2 Å². The Morgan fingerprint density at radius 1 is 1.10 bits per heavy atom. The Bertz CT molecular complexity index is 523. The van der Waals surface area contributed by atoms with E-state index in [2.05, 4.69) is 12.0 Å². The minimum atomic E-state index is 0.555. The summed E-state index contributed by atoms with van der Waals surface area (Å²) >= 11 is 0. The third-order valence-electron chi connectivity index (χ3n) is 3.05. The lowest BCUT2D eigenvalue weighted by Gasteiger charge is -2.07. The number of hydrogen-bond donors (Lipinski definition) is 1. The monoisotopic (exact) mass is 289 g/mol. The van der Waals surface area contributed by atoms with Crippen LogP contribution in [0, 0.1) is 0 Å². The van der Waals surface area contributed by atoms with Crippen LogP contribution in [0.15, 0.2) is 36.7 Å². The van der Waals surface area contributed by atoms with Gasteiger partial charge in [0, 0.05) is 19.5 Å². The molecule has 2 rings (SSSR count). The first kappa shape index (κ1) is 15.4. The average molecular weight is 289 g/mol. The van der Waals surface area contributed by atoms with Crippen molar-refractivity contribution in [1.29, 1.82) is 0 Å². The van der Waals surface area contributed by atoms with Gasteiger partial charge in [0.1, 0.15) is 5.75 Å². The maximum absolute atomic E-state index is 5.65. The van der Waals surface area contributed by atoms with Crippen molar-refractivity contribution < 1.29 is 9.47 Å². The number of aryl methyl sites for hydroxylation is 1. The lowest BCUT2D eigenvalue weighted by atomic mass is 10.2. The summed E-state index contributed by atoms with van der Waals surface area (Å²) in [6.07, 6.45) is 5.58. The predicted molar refractivity (Wildman–Crippen MR) is 82.5 cm³/mol. The topological polar surface area (TPSA) is 62.3 Å². The largest absolute Gasteiger partial charge is 0.493 e. The molecule has 21 heavy (non-hydrogen) atoms. The van der Waals surface area contributed by atoms with E-state index in [0.29, 0.717) is 19.8 Å². The van der Waals surface area contributed by atoms with E-state index < -0.39 is 0 Å². The zero-order valence-electron chi connectivity index (χ0n) is 12.5. The van der Waals surface area contributed by atoms with Gasteiger partial charge in [-0.25, -0.2) is 0 Å². The highest BCUT2D eigenvalue weighted by Crippen LogP contribution is 2.12. The zero-order chi connectivity index (χ0) is 14.9. The molecule has 5 heteroatoms. The van der Waals surface area contributed by atoms with Crippen LogP contribution in [0.3, 0.4) is 0 Å². The summed E-state index contributed by atoms with van der Waals surface area (Å²) in [7, 11) is 0. The normalized spacial score (nSPS) is 10.6. The third-order valence-corrected chi connectivity index (χ3v) is 3.05. The second kappa shape index (κ2) is 8.32. The van der Waals surface area contributed by atoms with Gasteiger partial charge in [0.05, 0.1) is 25.6 Å². The summed E-state index contributed by atoms with van der Waals surface area (Å²) in [5.74, 6) is 1.68. The van der Waals surface area contributed by atoms with Crippen LogP contribution in [-0.2, 0) is 13.1 Å². The van der Waals surface area contributed by atoms with Crippen molar-refractivity contribution in [2.24, 2.45) is 5.73 Å². The summed E-state index contributed by atoms with van der Waals surface area (Å²) in [4.78, 5) is 0. The molecular formula is C16H23N3O2. The van der Waals surface area contributed by atoms with Crippen LogP contribution in [0.2, 0.25) is 0 Å². The Labute approximate surface area is 125 Å². The third kappa shape index (κ3) is 5.11. The first-order valence-electron chi connectivity index (χ1n) is 7.39. The number of nitrogens with zero attached hydrogens (tertiary/aromatic N) is 2. The molecule has 0 spiro atoms. The van der Waals surface area contributed by atoms with E-state index in [9.17, 15) is 0 Å². The van der Waals surface area contributed by atoms with Gasteiger partial charge in [0.25, 0.3) is 0 Å². The van der Waals surface area contributed by atoms with Gasteiger partial charge in [-0.1, -0.05) is 19.1 Å². The predicted octanol–water partition coefficient (Wildman–Crippen LogP) is 2.60. The molecule has 0 fully saturated rings. The Morgan fingerprint density at radius 2 is 1.81 bits per heavy atom. The molecule has 0 amide bonds. The second-order valence-corrected chi connectivity index (χ2v) is 4.84. The summed E-state index contributed by atoms with van der Waals surface area (Å²) in [5.41, 5.74) is 6.66. The molecule has 1 aromatic heterocycles. The molecule has 0 unspecified atom stereocenters. The van der Waals surface area contributed by atoms with Crippen molar-refractivity contribution in [2.45, 2.75) is 32.9 Å². The second-order valence-electron chi connectivity index (χ2n) is 4.84. The van der Waals surface area contributed by atoms with Gasteiger partial charge in [-0.05, 0) is 24.1 Å². The molecule has 0 atom stereocenters. The van der Waals surface area contributed by atoms with Crippen LogP contribution in [0.5, 0.6) is 11.5 Å².